The second kappa shape index (κ2) is 9.20. The Morgan fingerprint density at radius 3 is 2.12 bits per heavy atom. The SMILES string of the molecule is CC(C)CC(=O)c1ccccc1.[B]CCC. The number of carbonyl (C=O) groups is 1. The number of hydrogen-bond acceptors (Lipinski definition) is 1. The van der Waals surface area contributed by atoms with Gasteiger partial charge in [-0.05, 0) is 5.92 Å². The predicted octanol–water partition coefficient (Wildman–Crippen LogP) is 3.90. The molecule has 1 rings (SSSR count). The average molecular weight is 216 g/mol. The van der Waals surface area contributed by atoms with Crippen LogP contribution >= 0.6 is 0 Å². The molecular formula is C14H21BO. The Morgan fingerprint density at radius 1 is 1.25 bits per heavy atom. The van der Waals surface area contributed by atoms with Crippen molar-refractivity contribution in [2.45, 2.75) is 39.9 Å². The van der Waals surface area contributed by atoms with Crippen molar-refractivity contribution in [1.29, 1.82) is 0 Å². The molecule has 0 heterocycles. The minimum atomic E-state index is 0.241. The molecule has 0 spiro atoms. The minimum absolute atomic E-state index is 0.241. The summed E-state index contributed by atoms with van der Waals surface area (Å²) in [5, 5.41) is 0. The van der Waals surface area contributed by atoms with Crippen LogP contribution in [0.1, 0.15) is 44.0 Å². The summed E-state index contributed by atoms with van der Waals surface area (Å²) in [5.41, 5.74) is 0.825. The molecule has 1 aromatic rings. The first-order valence-electron chi connectivity index (χ1n) is 5.90. The van der Waals surface area contributed by atoms with Gasteiger partial charge in [0, 0.05) is 12.0 Å². The van der Waals surface area contributed by atoms with Crippen molar-refractivity contribution < 1.29 is 4.79 Å². The summed E-state index contributed by atoms with van der Waals surface area (Å²) >= 11 is 0. The van der Waals surface area contributed by atoms with Gasteiger partial charge in [0.05, 0.1) is 7.85 Å². The molecule has 0 amide bonds. The summed E-state index contributed by atoms with van der Waals surface area (Å²) in [5.74, 6) is 0.684. The number of Topliss-reactive ketones (excluding diaryl/α,β-unsaturated/α-hetero) is 1. The van der Waals surface area contributed by atoms with Gasteiger partial charge in [-0.25, -0.2) is 0 Å². The fraction of sp³-hybridized carbons (Fsp3) is 0.500. The Labute approximate surface area is 101 Å². The van der Waals surface area contributed by atoms with E-state index in [1.54, 1.807) is 0 Å². The first-order chi connectivity index (χ1) is 7.61. The molecule has 0 aliphatic carbocycles. The van der Waals surface area contributed by atoms with Gasteiger partial charge in [-0.15, -0.1) is 0 Å². The number of carbonyl (C=O) groups excluding carboxylic acids is 1. The minimum Gasteiger partial charge on any atom is -0.294 e. The van der Waals surface area contributed by atoms with Crippen LogP contribution in [0.4, 0.5) is 0 Å². The van der Waals surface area contributed by atoms with Crippen molar-refractivity contribution in [3.8, 4) is 0 Å². The van der Waals surface area contributed by atoms with E-state index in [1.807, 2.05) is 30.3 Å². The Hall–Kier alpha value is -1.05. The summed E-state index contributed by atoms with van der Waals surface area (Å²) in [6.45, 7) is 6.17. The second-order valence-corrected chi connectivity index (χ2v) is 4.18. The first-order valence-corrected chi connectivity index (χ1v) is 5.90. The highest BCUT2D eigenvalue weighted by molar-refractivity contribution is 6.08. The second-order valence-electron chi connectivity index (χ2n) is 4.18. The molecule has 86 valence electrons. The van der Waals surface area contributed by atoms with Gasteiger partial charge in [0.25, 0.3) is 0 Å². The highest BCUT2D eigenvalue weighted by atomic mass is 16.1. The molecule has 1 aromatic carbocycles. The fourth-order valence-corrected chi connectivity index (χ4v) is 1.11. The lowest BCUT2D eigenvalue weighted by atomic mass is 10.0. The van der Waals surface area contributed by atoms with Crippen LogP contribution in [0.15, 0.2) is 30.3 Å². The van der Waals surface area contributed by atoms with Gasteiger partial charge < -0.3 is 0 Å². The van der Waals surface area contributed by atoms with Crippen LogP contribution in [0.3, 0.4) is 0 Å². The van der Waals surface area contributed by atoms with E-state index in [-0.39, 0.29) is 5.78 Å². The molecular weight excluding hydrogens is 195 g/mol. The molecule has 2 heteroatoms. The van der Waals surface area contributed by atoms with Crippen LogP contribution in [-0.2, 0) is 0 Å². The summed E-state index contributed by atoms with van der Waals surface area (Å²) < 4.78 is 0. The predicted molar refractivity (Wildman–Crippen MR) is 71.1 cm³/mol. The zero-order valence-corrected chi connectivity index (χ0v) is 10.6. The van der Waals surface area contributed by atoms with Crippen molar-refractivity contribution in [2.75, 3.05) is 0 Å². The lowest BCUT2D eigenvalue weighted by Gasteiger charge is -2.02. The molecule has 0 aliphatic rings. The molecule has 0 bridgehead atoms. The molecule has 0 N–H and O–H groups in total. The van der Waals surface area contributed by atoms with Gasteiger partial charge in [-0.2, -0.15) is 0 Å². The molecule has 16 heavy (non-hydrogen) atoms. The van der Waals surface area contributed by atoms with Crippen molar-refractivity contribution in [2.24, 2.45) is 5.92 Å². The maximum atomic E-state index is 11.5. The van der Waals surface area contributed by atoms with Crippen LogP contribution in [0.2, 0.25) is 6.32 Å². The summed E-state index contributed by atoms with van der Waals surface area (Å²) in [7, 11) is 5.03. The third kappa shape index (κ3) is 7.27. The van der Waals surface area contributed by atoms with Gasteiger partial charge in [-0.1, -0.05) is 63.8 Å². The van der Waals surface area contributed by atoms with E-state index in [2.05, 4.69) is 20.8 Å². The van der Waals surface area contributed by atoms with Gasteiger partial charge in [-0.3, -0.25) is 4.79 Å². The standard InChI is InChI=1S/C11H14O.C3H7B/c1-9(2)8-11(12)10-6-4-3-5-7-10;1-2-3-4/h3-7,9H,8H2,1-2H3;2-3H2,1H3. The molecule has 1 nitrogen and oxygen atoms in total. The molecule has 0 aliphatic heterocycles. The van der Waals surface area contributed by atoms with Gasteiger partial charge >= 0.3 is 0 Å². The Bertz CT molecular complexity index is 278. The van der Waals surface area contributed by atoms with Crippen LogP contribution < -0.4 is 0 Å². The fourth-order valence-electron chi connectivity index (χ4n) is 1.11. The van der Waals surface area contributed by atoms with Crippen LogP contribution in [0.25, 0.3) is 0 Å². The molecule has 0 saturated heterocycles. The average Bonchev–Trinajstić information content (AvgIpc) is 2.30. The summed E-state index contributed by atoms with van der Waals surface area (Å²) in [4.78, 5) is 11.5. The maximum absolute atomic E-state index is 11.5. The molecule has 2 radical (unpaired) electrons. The van der Waals surface area contributed by atoms with E-state index in [9.17, 15) is 4.79 Å². The van der Waals surface area contributed by atoms with E-state index in [0.29, 0.717) is 12.3 Å². The molecule has 0 saturated carbocycles. The normalized spacial score (nSPS) is 9.50. The Kier molecular flexibility index (Phi) is 8.60. The largest absolute Gasteiger partial charge is 0.294 e. The number of rotatable bonds is 4. The highest BCUT2D eigenvalue weighted by Crippen LogP contribution is 2.08. The quantitative estimate of drug-likeness (QED) is 0.551. The van der Waals surface area contributed by atoms with Gasteiger partial charge in [0.1, 0.15) is 0 Å². The van der Waals surface area contributed by atoms with Gasteiger partial charge in [0.2, 0.25) is 0 Å². The lowest BCUT2D eigenvalue weighted by molar-refractivity contribution is 0.0968. The van der Waals surface area contributed by atoms with Crippen LogP contribution in [0.5, 0.6) is 0 Å². The topological polar surface area (TPSA) is 17.1 Å². The Balaban J connectivity index is 0.000000487. The van der Waals surface area contributed by atoms with E-state index in [4.69, 9.17) is 7.85 Å². The van der Waals surface area contributed by atoms with Crippen molar-refractivity contribution in [3.05, 3.63) is 35.9 Å². The molecule has 0 unspecified atom stereocenters. The first kappa shape index (κ1) is 15.0. The summed E-state index contributed by atoms with van der Waals surface area (Å²) in [6.07, 6.45) is 2.56. The van der Waals surface area contributed by atoms with Crippen LogP contribution in [0, 0.1) is 5.92 Å². The van der Waals surface area contributed by atoms with Gasteiger partial charge in [0.15, 0.2) is 5.78 Å². The van der Waals surface area contributed by atoms with E-state index in [0.717, 1.165) is 18.3 Å². The smallest absolute Gasteiger partial charge is 0.163 e. The Morgan fingerprint density at radius 2 is 1.75 bits per heavy atom. The molecule has 0 aromatic heterocycles. The summed E-state index contributed by atoms with van der Waals surface area (Å²) in [6, 6.07) is 9.45. The lowest BCUT2D eigenvalue weighted by Crippen LogP contribution is -2.02. The highest BCUT2D eigenvalue weighted by Gasteiger charge is 2.06. The van der Waals surface area contributed by atoms with Crippen molar-refractivity contribution in [3.63, 3.8) is 0 Å². The van der Waals surface area contributed by atoms with E-state index < -0.39 is 0 Å². The number of benzene rings is 1. The van der Waals surface area contributed by atoms with E-state index in [1.165, 1.54) is 0 Å². The third-order valence-electron chi connectivity index (χ3n) is 1.98. The molecule has 0 atom stereocenters. The van der Waals surface area contributed by atoms with Crippen molar-refractivity contribution in [1.82, 2.24) is 0 Å². The zero-order valence-electron chi connectivity index (χ0n) is 10.6. The van der Waals surface area contributed by atoms with Crippen LogP contribution in [-0.4, -0.2) is 13.6 Å². The third-order valence-corrected chi connectivity index (χ3v) is 1.98. The monoisotopic (exact) mass is 216 g/mol. The number of ketones is 1. The van der Waals surface area contributed by atoms with E-state index >= 15 is 0 Å². The zero-order chi connectivity index (χ0) is 12.4. The number of hydrogen-bond donors (Lipinski definition) is 0. The molecule has 0 fully saturated rings. The maximum Gasteiger partial charge on any atom is 0.163 e. The van der Waals surface area contributed by atoms with Crippen molar-refractivity contribution >= 4 is 13.6 Å².